The fraction of sp³-hybridized carbons (Fsp3) is 1.00. The molecule has 0 aromatic heterocycles. The Hall–Kier alpha value is 0.137. The summed E-state index contributed by atoms with van der Waals surface area (Å²) in [7, 11) is 1.48. The zero-order valence-electron chi connectivity index (χ0n) is 14.6. The minimum atomic E-state index is -2.30. The molecule has 2 nitrogen and oxygen atoms in total. The molecule has 3 heteroatoms. The first-order valence-electron chi connectivity index (χ1n) is 8.09. The van der Waals surface area contributed by atoms with Crippen molar-refractivity contribution in [1.82, 2.24) is 0 Å². The molecule has 0 bridgehead atoms. The molecule has 19 heavy (non-hydrogen) atoms. The molecule has 0 unspecified atom stereocenters. The lowest BCUT2D eigenvalue weighted by atomic mass is 9.97. The quantitative estimate of drug-likeness (QED) is 0.483. The lowest BCUT2D eigenvalue weighted by Gasteiger charge is -2.55. The molecule has 0 N–H and O–H groups in total. The second kappa shape index (κ2) is 7.80. The molecule has 0 rings (SSSR count). The monoisotopic (exact) mass is 288 g/mol. The summed E-state index contributed by atoms with van der Waals surface area (Å²) in [5.74, 6) is 0. The van der Waals surface area contributed by atoms with E-state index in [-0.39, 0.29) is 10.1 Å². The van der Waals surface area contributed by atoms with Gasteiger partial charge in [0, 0.05) is 24.3 Å². The highest BCUT2D eigenvalue weighted by atomic mass is 28.4. The van der Waals surface area contributed by atoms with E-state index < -0.39 is 8.56 Å². The molecule has 0 amide bonds. The first-order valence-corrected chi connectivity index (χ1v) is 9.91. The topological polar surface area (TPSA) is 18.5 Å². The molecule has 116 valence electrons. The standard InChI is InChI=1S/C16H36O2Si/c1-9-15(10-2,11-3)19(17-7,18-8)16(12-4,13-5)14-6/h9-14H2,1-8H3. The first-order chi connectivity index (χ1) is 8.99. The molecule has 0 fully saturated rings. The fourth-order valence-electron chi connectivity index (χ4n) is 4.41. The van der Waals surface area contributed by atoms with E-state index in [1.54, 1.807) is 0 Å². The Kier molecular flexibility index (Phi) is 7.85. The van der Waals surface area contributed by atoms with E-state index >= 15 is 0 Å². The minimum absolute atomic E-state index is 0.221. The van der Waals surface area contributed by atoms with Crippen molar-refractivity contribution in [3.8, 4) is 0 Å². The Bertz CT molecular complexity index is 203. The van der Waals surface area contributed by atoms with Crippen LogP contribution >= 0.6 is 0 Å². The zero-order chi connectivity index (χ0) is 15.2. The summed E-state index contributed by atoms with van der Waals surface area (Å²) in [6.07, 6.45) is 6.89. The second-order valence-corrected chi connectivity index (χ2v) is 9.88. The average molecular weight is 289 g/mol. The second-order valence-electron chi connectivity index (χ2n) is 5.71. The van der Waals surface area contributed by atoms with Crippen LogP contribution in [0.1, 0.15) is 80.1 Å². The van der Waals surface area contributed by atoms with E-state index in [1.165, 1.54) is 0 Å². The van der Waals surface area contributed by atoms with Gasteiger partial charge < -0.3 is 8.85 Å². The molecule has 0 radical (unpaired) electrons. The highest BCUT2D eigenvalue weighted by Crippen LogP contribution is 2.62. The highest BCUT2D eigenvalue weighted by Gasteiger charge is 2.64. The summed E-state index contributed by atoms with van der Waals surface area (Å²) >= 11 is 0. The van der Waals surface area contributed by atoms with Crippen LogP contribution in [-0.2, 0) is 8.85 Å². The van der Waals surface area contributed by atoms with E-state index in [4.69, 9.17) is 8.85 Å². The molecule has 0 aliphatic rings. The van der Waals surface area contributed by atoms with Crippen molar-refractivity contribution >= 4 is 8.56 Å². The van der Waals surface area contributed by atoms with Gasteiger partial charge >= 0.3 is 8.56 Å². The van der Waals surface area contributed by atoms with Crippen LogP contribution < -0.4 is 0 Å². The van der Waals surface area contributed by atoms with Crippen molar-refractivity contribution in [2.24, 2.45) is 0 Å². The Morgan fingerprint density at radius 3 is 0.895 bits per heavy atom. The Morgan fingerprint density at radius 1 is 0.579 bits per heavy atom. The van der Waals surface area contributed by atoms with Gasteiger partial charge in [0.2, 0.25) is 0 Å². The molecule has 0 aromatic carbocycles. The van der Waals surface area contributed by atoms with Gasteiger partial charge in [0.25, 0.3) is 0 Å². The maximum absolute atomic E-state index is 6.28. The summed E-state index contributed by atoms with van der Waals surface area (Å²) in [4.78, 5) is 0. The molecule has 0 aliphatic heterocycles. The third kappa shape index (κ3) is 2.66. The molecular weight excluding hydrogens is 252 g/mol. The molecule has 0 heterocycles. The van der Waals surface area contributed by atoms with Crippen LogP contribution in [0.25, 0.3) is 0 Å². The Morgan fingerprint density at radius 2 is 0.789 bits per heavy atom. The normalized spacial score (nSPS) is 13.9. The predicted octanol–water partition coefficient (Wildman–Crippen LogP) is 5.66. The molecule has 0 atom stereocenters. The molecule has 0 saturated carbocycles. The average Bonchev–Trinajstić information content (AvgIpc) is 2.49. The minimum Gasteiger partial charge on any atom is -0.397 e. The van der Waals surface area contributed by atoms with Gasteiger partial charge in [-0.3, -0.25) is 0 Å². The number of hydrogen-bond donors (Lipinski definition) is 0. The molecular formula is C16H36O2Si. The van der Waals surface area contributed by atoms with E-state index in [1.807, 2.05) is 14.2 Å². The Balaban J connectivity index is 6.08. The number of hydrogen-bond acceptors (Lipinski definition) is 2. The van der Waals surface area contributed by atoms with Gasteiger partial charge in [-0.25, -0.2) is 0 Å². The van der Waals surface area contributed by atoms with Gasteiger partial charge in [-0.1, -0.05) is 41.5 Å². The van der Waals surface area contributed by atoms with Crippen LogP contribution in [-0.4, -0.2) is 22.8 Å². The lowest BCUT2D eigenvalue weighted by molar-refractivity contribution is 0.147. The maximum Gasteiger partial charge on any atom is 0.350 e. The van der Waals surface area contributed by atoms with Gasteiger partial charge in [-0.05, 0) is 38.5 Å². The van der Waals surface area contributed by atoms with Crippen LogP contribution in [0.5, 0.6) is 0 Å². The van der Waals surface area contributed by atoms with E-state index in [9.17, 15) is 0 Å². The van der Waals surface area contributed by atoms with Crippen LogP contribution in [0.3, 0.4) is 0 Å². The van der Waals surface area contributed by atoms with Gasteiger partial charge in [0.15, 0.2) is 0 Å². The van der Waals surface area contributed by atoms with Gasteiger partial charge in [0.05, 0.1) is 0 Å². The third-order valence-electron chi connectivity index (χ3n) is 6.03. The van der Waals surface area contributed by atoms with Crippen molar-refractivity contribution in [2.75, 3.05) is 14.2 Å². The summed E-state index contributed by atoms with van der Waals surface area (Å²) in [5, 5.41) is 0.442. The lowest BCUT2D eigenvalue weighted by Crippen LogP contribution is -2.60. The predicted molar refractivity (Wildman–Crippen MR) is 86.9 cm³/mol. The first kappa shape index (κ1) is 19.1. The molecule has 0 saturated heterocycles. The van der Waals surface area contributed by atoms with Gasteiger partial charge in [-0.15, -0.1) is 0 Å². The van der Waals surface area contributed by atoms with Gasteiger partial charge in [0.1, 0.15) is 0 Å². The van der Waals surface area contributed by atoms with E-state index in [2.05, 4.69) is 41.5 Å². The van der Waals surface area contributed by atoms with E-state index in [0.29, 0.717) is 0 Å². The summed E-state index contributed by atoms with van der Waals surface area (Å²) in [5.41, 5.74) is 0. The van der Waals surface area contributed by atoms with Crippen molar-refractivity contribution < 1.29 is 8.85 Å². The summed E-state index contributed by atoms with van der Waals surface area (Å²) < 4.78 is 12.6. The van der Waals surface area contributed by atoms with Crippen LogP contribution in [0.2, 0.25) is 10.1 Å². The fourth-order valence-corrected chi connectivity index (χ4v) is 10.2. The maximum atomic E-state index is 6.28. The summed E-state index contributed by atoms with van der Waals surface area (Å²) in [6.45, 7) is 13.8. The largest absolute Gasteiger partial charge is 0.397 e. The third-order valence-corrected chi connectivity index (χ3v) is 12.1. The molecule has 0 aliphatic carbocycles. The van der Waals surface area contributed by atoms with E-state index in [0.717, 1.165) is 38.5 Å². The SMILES string of the molecule is CCC(CC)(CC)[Si](OC)(OC)C(CC)(CC)CC. The smallest absolute Gasteiger partial charge is 0.350 e. The van der Waals surface area contributed by atoms with Crippen molar-refractivity contribution in [3.63, 3.8) is 0 Å². The van der Waals surface area contributed by atoms with Gasteiger partial charge in [-0.2, -0.15) is 0 Å². The molecule has 0 aromatic rings. The van der Waals surface area contributed by atoms with Crippen LogP contribution in [0, 0.1) is 0 Å². The Labute approximate surface area is 122 Å². The summed E-state index contributed by atoms with van der Waals surface area (Å²) in [6, 6.07) is 0. The van der Waals surface area contributed by atoms with Crippen molar-refractivity contribution in [3.05, 3.63) is 0 Å². The van der Waals surface area contributed by atoms with Crippen molar-refractivity contribution in [2.45, 2.75) is 90.1 Å². The zero-order valence-corrected chi connectivity index (χ0v) is 15.6. The molecule has 0 spiro atoms. The van der Waals surface area contributed by atoms with Crippen LogP contribution in [0.4, 0.5) is 0 Å². The van der Waals surface area contributed by atoms with Crippen LogP contribution in [0.15, 0.2) is 0 Å². The highest BCUT2D eigenvalue weighted by molar-refractivity contribution is 6.74. The number of rotatable bonds is 10. The van der Waals surface area contributed by atoms with Crippen molar-refractivity contribution in [1.29, 1.82) is 0 Å².